The van der Waals surface area contributed by atoms with Crippen LogP contribution in [-0.4, -0.2) is 43.4 Å². The van der Waals surface area contributed by atoms with Crippen LogP contribution in [0.1, 0.15) is 29.6 Å². The molecule has 0 aromatic carbocycles. The standard InChI is InChI=1S/C14H19FN2O3/c15-13-5-4-11(9-17-13)14(18)16-6-2-7-19-10-12-3-1-8-20-12/h4-5,9,12H,1-3,6-8,10H2,(H,16,18). The van der Waals surface area contributed by atoms with Crippen LogP contribution < -0.4 is 5.32 Å². The summed E-state index contributed by atoms with van der Waals surface area (Å²) < 4.78 is 23.5. The Morgan fingerprint density at radius 3 is 3.15 bits per heavy atom. The van der Waals surface area contributed by atoms with Gasteiger partial charge in [0, 0.05) is 26.0 Å². The first kappa shape index (κ1) is 14.9. The lowest BCUT2D eigenvalue weighted by molar-refractivity contribution is 0.0166. The molecular weight excluding hydrogens is 263 g/mol. The molecule has 110 valence electrons. The Morgan fingerprint density at radius 2 is 2.45 bits per heavy atom. The first-order chi connectivity index (χ1) is 9.75. The van der Waals surface area contributed by atoms with Gasteiger partial charge in [0.05, 0.1) is 18.3 Å². The van der Waals surface area contributed by atoms with E-state index < -0.39 is 5.95 Å². The molecule has 0 radical (unpaired) electrons. The van der Waals surface area contributed by atoms with E-state index in [0.717, 1.165) is 25.9 Å². The van der Waals surface area contributed by atoms with E-state index in [4.69, 9.17) is 9.47 Å². The molecular formula is C14H19FN2O3. The van der Waals surface area contributed by atoms with Gasteiger partial charge < -0.3 is 14.8 Å². The number of amides is 1. The summed E-state index contributed by atoms with van der Waals surface area (Å²) >= 11 is 0. The maximum Gasteiger partial charge on any atom is 0.252 e. The lowest BCUT2D eigenvalue weighted by atomic mass is 10.2. The lowest BCUT2D eigenvalue weighted by Gasteiger charge is -2.10. The van der Waals surface area contributed by atoms with Gasteiger partial charge in [-0.05, 0) is 31.4 Å². The molecule has 5 nitrogen and oxygen atoms in total. The van der Waals surface area contributed by atoms with Crippen LogP contribution in [-0.2, 0) is 9.47 Å². The van der Waals surface area contributed by atoms with E-state index in [1.807, 2.05) is 0 Å². The number of aromatic nitrogens is 1. The summed E-state index contributed by atoms with van der Waals surface area (Å²) in [6.45, 7) is 2.55. The monoisotopic (exact) mass is 282 g/mol. The topological polar surface area (TPSA) is 60.5 Å². The highest BCUT2D eigenvalue weighted by Gasteiger charge is 2.14. The number of carbonyl (C=O) groups excluding carboxylic acids is 1. The van der Waals surface area contributed by atoms with Gasteiger partial charge in [0.2, 0.25) is 5.95 Å². The van der Waals surface area contributed by atoms with E-state index in [1.165, 1.54) is 18.3 Å². The van der Waals surface area contributed by atoms with E-state index in [1.54, 1.807) is 0 Å². The number of halogens is 1. The van der Waals surface area contributed by atoms with Crippen molar-refractivity contribution in [1.82, 2.24) is 10.3 Å². The number of ether oxygens (including phenoxy) is 2. The number of pyridine rings is 1. The molecule has 1 aliphatic rings. The third-order valence-corrected chi connectivity index (χ3v) is 3.07. The van der Waals surface area contributed by atoms with Crippen LogP contribution >= 0.6 is 0 Å². The third kappa shape index (κ3) is 4.86. The van der Waals surface area contributed by atoms with Gasteiger partial charge in [0.1, 0.15) is 0 Å². The van der Waals surface area contributed by atoms with Crippen LogP contribution in [0.2, 0.25) is 0 Å². The minimum atomic E-state index is -0.593. The predicted molar refractivity (Wildman–Crippen MR) is 70.9 cm³/mol. The molecule has 1 fully saturated rings. The second-order valence-electron chi connectivity index (χ2n) is 4.69. The van der Waals surface area contributed by atoms with E-state index in [0.29, 0.717) is 25.3 Å². The van der Waals surface area contributed by atoms with Crippen LogP contribution in [0.3, 0.4) is 0 Å². The zero-order valence-electron chi connectivity index (χ0n) is 11.3. The van der Waals surface area contributed by atoms with Crippen molar-refractivity contribution in [2.75, 3.05) is 26.4 Å². The quantitative estimate of drug-likeness (QED) is 0.608. The fraction of sp³-hybridized carbons (Fsp3) is 0.571. The SMILES string of the molecule is O=C(NCCCOCC1CCCO1)c1ccc(F)nc1. The average molecular weight is 282 g/mol. The first-order valence-corrected chi connectivity index (χ1v) is 6.85. The number of carbonyl (C=O) groups is 1. The molecule has 2 rings (SSSR count). The molecule has 0 saturated carbocycles. The Labute approximate surface area is 117 Å². The van der Waals surface area contributed by atoms with Gasteiger partial charge in [-0.2, -0.15) is 4.39 Å². The Bertz CT molecular complexity index is 419. The summed E-state index contributed by atoms with van der Waals surface area (Å²) in [6, 6.07) is 2.57. The van der Waals surface area contributed by atoms with Crippen molar-refractivity contribution < 1.29 is 18.7 Å². The van der Waals surface area contributed by atoms with Gasteiger partial charge in [-0.25, -0.2) is 4.98 Å². The normalized spacial score (nSPS) is 18.1. The second kappa shape index (κ2) is 7.91. The Morgan fingerprint density at radius 1 is 1.55 bits per heavy atom. The zero-order chi connectivity index (χ0) is 14.2. The van der Waals surface area contributed by atoms with Crippen LogP contribution in [0.5, 0.6) is 0 Å². The molecule has 0 bridgehead atoms. The van der Waals surface area contributed by atoms with Gasteiger partial charge in [-0.15, -0.1) is 0 Å². The summed E-state index contributed by atoms with van der Waals surface area (Å²) in [5.74, 6) is -0.847. The number of nitrogens with zero attached hydrogens (tertiary/aromatic N) is 1. The largest absolute Gasteiger partial charge is 0.379 e. The summed E-state index contributed by atoms with van der Waals surface area (Å²) in [7, 11) is 0. The molecule has 1 atom stereocenters. The molecule has 1 N–H and O–H groups in total. The molecule has 1 unspecified atom stereocenters. The molecule has 2 heterocycles. The van der Waals surface area contributed by atoms with Crippen molar-refractivity contribution in [2.24, 2.45) is 0 Å². The summed E-state index contributed by atoms with van der Waals surface area (Å²) in [4.78, 5) is 15.1. The molecule has 0 spiro atoms. The van der Waals surface area contributed by atoms with Crippen molar-refractivity contribution >= 4 is 5.91 Å². The highest BCUT2D eigenvalue weighted by atomic mass is 19.1. The fourth-order valence-corrected chi connectivity index (χ4v) is 1.98. The lowest BCUT2D eigenvalue weighted by Crippen LogP contribution is -2.25. The fourth-order valence-electron chi connectivity index (χ4n) is 1.98. The number of hydrogen-bond donors (Lipinski definition) is 1. The van der Waals surface area contributed by atoms with E-state index in [9.17, 15) is 9.18 Å². The average Bonchev–Trinajstić information content (AvgIpc) is 2.96. The molecule has 20 heavy (non-hydrogen) atoms. The molecule has 0 aliphatic carbocycles. The van der Waals surface area contributed by atoms with Gasteiger partial charge in [0.25, 0.3) is 5.91 Å². The molecule has 6 heteroatoms. The van der Waals surface area contributed by atoms with Crippen molar-refractivity contribution in [2.45, 2.75) is 25.4 Å². The first-order valence-electron chi connectivity index (χ1n) is 6.85. The van der Waals surface area contributed by atoms with Gasteiger partial charge >= 0.3 is 0 Å². The van der Waals surface area contributed by atoms with Crippen molar-refractivity contribution in [1.29, 1.82) is 0 Å². The van der Waals surface area contributed by atoms with Crippen molar-refractivity contribution in [3.63, 3.8) is 0 Å². The maximum atomic E-state index is 12.6. The molecule has 1 aromatic rings. The third-order valence-electron chi connectivity index (χ3n) is 3.07. The summed E-state index contributed by atoms with van der Waals surface area (Å²) in [6.07, 6.45) is 4.35. The predicted octanol–water partition coefficient (Wildman–Crippen LogP) is 1.54. The number of hydrogen-bond acceptors (Lipinski definition) is 4. The smallest absolute Gasteiger partial charge is 0.252 e. The number of nitrogens with one attached hydrogen (secondary N) is 1. The Kier molecular flexibility index (Phi) is 5.88. The highest BCUT2D eigenvalue weighted by molar-refractivity contribution is 5.93. The molecule has 1 saturated heterocycles. The summed E-state index contributed by atoms with van der Waals surface area (Å²) in [5, 5.41) is 2.73. The molecule has 1 amide bonds. The van der Waals surface area contributed by atoms with Crippen molar-refractivity contribution in [3.05, 3.63) is 29.8 Å². The van der Waals surface area contributed by atoms with E-state index in [-0.39, 0.29) is 12.0 Å². The molecule has 1 aliphatic heterocycles. The minimum absolute atomic E-state index is 0.231. The van der Waals surface area contributed by atoms with Gasteiger partial charge in [0.15, 0.2) is 0 Å². The zero-order valence-corrected chi connectivity index (χ0v) is 11.3. The van der Waals surface area contributed by atoms with Crippen LogP contribution in [0, 0.1) is 5.95 Å². The Hall–Kier alpha value is -1.53. The Balaban J connectivity index is 1.54. The summed E-state index contributed by atoms with van der Waals surface area (Å²) in [5.41, 5.74) is 0.353. The van der Waals surface area contributed by atoms with Crippen LogP contribution in [0.25, 0.3) is 0 Å². The number of rotatable bonds is 7. The van der Waals surface area contributed by atoms with Crippen LogP contribution in [0.4, 0.5) is 4.39 Å². The maximum absolute atomic E-state index is 12.6. The van der Waals surface area contributed by atoms with E-state index in [2.05, 4.69) is 10.3 Å². The van der Waals surface area contributed by atoms with Gasteiger partial charge in [-0.3, -0.25) is 4.79 Å². The highest BCUT2D eigenvalue weighted by Crippen LogP contribution is 2.11. The van der Waals surface area contributed by atoms with Gasteiger partial charge in [-0.1, -0.05) is 0 Å². The van der Waals surface area contributed by atoms with Crippen LogP contribution in [0.15, 0.2) is 18.3 Å². The van der Waals surface area contributed by atoms with Crippen molar-refractivity contribution in [3.8, 4) is 0 Å². The van der Waals surface area contributed by atoms with E-state index >= 15 is 0 Å². The minimum Gasteiger partial charge on any atom is -0.379 e. The second-order valence-corrected chi connectivity index (χ2v) is 4.69. The molecule has 1 aromatic heterocycles.